The second kappa shape index (κ2) is 7.38. The molecule has 25 heavy (non-hydrogen) atoms. The first kappa shape index (κ1) is 17.0. The molecule has 1 heterocycles. The Morgan fingerprint density at radius 3 is 2.72 bits per heavy atom. The summed E-state index contributed by atoms with van der Waals surface area (Å²) < 4.78 is 5.15. The van der Waals surface area contributed by atoms with Crippen LogP contribution in [0, 0.1) is 6.92 Å². The molecule has 130 valence electrons. The van der Waals surface area contributed by atoms with Gasteiger partial charge >= 0.3 is 5.97 Å². The number of aromatic amines is 1. The van der Waals surface area contributed by atoms with Crippen molar-refractivity contribution in [2.45, 2.75) is 33.1 Å². The van der Waals surface area contributed by atoms with Gasteiger partial charge in [0.1, 0.15) is 0 Å². The number of hydrogen-bond donors (Lipinski definition) is 2. The lowest BCUT2D eigenvalue weighted by molar-refractivity contribution is -0.147. The largest absolute Gasteiger partial charge is 0.455 e. The lowest BCUT2D eigenvalue weighted by atomic mass is 10.1. The number of esters is 1. The first-order valence-corrected chi connectivity index (χ1v) is 8.43. The van der Waals surface area contributed by atoms with E-state index >= 15 is 0 Å². The zero-order chi connectivity index (χ0) is 17.8. The second-order valence-corrected chi connectivity index (χ2v) is 6.24. The predicted octanol–water partition coefficient (Wildman–Crippen LogP) is 3.30. The van der Waals surface area contributed by atoms with Gasteiger partial charge in [-0.1, -0.05) is 30.4 Å². The quantitative estimate of drug-likeness (QED) is 0.822. The molecule has 1 aromatic heterocycles. The van der Waals surface area contributed by atoms with Crippen molar-refractivity contribution in [2.24, 2.45) is 0 Å². The molecular formula is C20H22N2O3. The van der Waals surface area contributed by atoms with E-state index in [1.165, 1.54) is 0 Å². The van der Waals surface area contributed by atoms with Gasteiger partial charge in [0.25, 0.3) is 5.91 Å². The van der Waals surface area contributed by atoms with Crippen LogP contribution in [-0.4, -0.2) is 23.5 Å². The fourth-order valence-corrected chi connectivity index (χ4v) is 3.04. The van der Waals surface area contributed by atoms with E-state index in [1.807, 2.05) is 44.2 Å². The van der Waals surface area contributed by atoms with Crippen LogP contribution < -0.4 is 5.32 Å². The molecule has 1 amide bonds. The second-order valence-electron chi connectivity index (χ2n) is 6.24. The van der Waals surface area contributed by atoms with Crippen molar-refractivity contribution in [1.29, 1.82) is 0 Å². The Bertz CT molecular complexity index is 874. The van der Waals surface area contributed by atoms with Crippen molar-refractivity contribution >= 4 is 22.8 Å². The number of carbonyl (C=O) groups excluding carboxylic acids is 2. The summed E-state index contributed by atoms with van der Waals surface area (Å²) >= 11 is 0. The van der Waals surface area contributed by atoms with Crippen LogP contribution >= 0.6 is 0 Å². The number of aryl methyl sites for hydroxylation is 1. The highest BCUT2D eigenvalue weighted by molar-refractivity contribution is 5.89. The number of rotatable bonds is 5. The number of ether oxygens (including phenoxy) is 1. The Balaban J connectivity index is 1.56. The number of H-pyrrole nitrogens is 1. The van der Waals surface area contributed by atoms with Crippen molar-refractivity contribution < 1.29 is 14.3 Å². The highest BCUT2D eigenvalue weighted by atomic mass is 16.5. The molecule has 0 fully saturated rings. The molecule has 1 aromatic carbocycles. The topological polar surface area (TPSA) is 71.2 Å². The Morgan fingerprint density at radius 1 is 1.16 bits per heavy atom. The molecular weight excluding hydrogens is 316 g/mol. The monoisotopic (exact) mass is 338 g/mol. The van der Waals surface area contributed by atoms with Crippen LogP contribution in [-0.2, 0) is 20.7 Å². The summed E-state index contributed by atoms with van der Waals surface area (Å²) in [5, 5.41) is 3.80. The third-order valence-electron chi connectivity index (χ3n) is 4.38. The van der Waals surface area contributed by atoms with Crippen LogP contribution in [0.2, 0.25) is 0 Å². The molecule has 5 heteroatoms. The van der Waals surface area contributed by atoms with Gasteiger partial charge in [0.2, 0.25) is 0 Å². The molecule has 1 aliphatic rings. The van der Waals surface area contributed by atoms with Crippen LogP contribution in [0.3, 0.4) is 0 Å². The van der Waals surface area contributed by atoms with Crippen LogP contribution in [0.15, 0.2) is 47.7 Å². The average Bonchev–Trinajstić information content (AvgIpc) is 2.91. The molecule has 1 aliphatic carbocycles. The standard InChI is InChI=1S/C20H22N2O3/c1-13-7-3-5-9-17(13)22-19(23)12-25-20(24)11-16-14(2)21-18-10-6-4-8-15(16)18/h4,6-10,21H,3,5,11-12H2,1-2H3,(H,22,23). The van der Waals surface area contributed by atoms with Crippen LogP contribution in [0.25, 0.3) is 10.9 Å². The predicted molar refractivity (Wildman–Crippen MR) is 96.9 cm³/mol. The molecule has 0 aliphatic heterocycles. The number of aromatic nitrogens is 1. The lowest BCUT2D eigenvalue weighted by Crippen LogP contribution is -2.29. The minimum Gasteiger partial charge on any atom is -0.455 e. The van der Waals surface area contributed by atoms with E-state index in [1.54, 1.807) is 0 Å². The highest BCUT2D eigenvalue weighted by Gasteiger charge is 2.15. The SMILES string of the molecule is CC1=CCCC=C1NC(=O)COC(=O)Cc1c(C)[nH]c2ccccc12. The van der Waals surface area contributed by atoms with Gasteiger partial charge in [-0.25, -0.2) is 0 Å². The molecule has 3 rings (SSSR count). The Kier molecular flexibility index (Phi) is 5.03. The van der Waals surface area contributed by atoms with Crippen molar-refractivity contribution in [3.05, 3.63) is 58.9 Å². The maximum absolute atomic E-state index is 12.1. The maximum Gasteiger partial charge on any atom is 0.310 e. The van der Waals surface area contributed by atoms with Gasteiger partial charge in [-0.15, -0.1) is 0 Å². The zero-order valence-corrected chi connectivity index (χ0v) is 14.5. The Morgan fingerprint density at radius 2 is 1.92 bits per heavy atom. The number of para-hydroxylation sites is 1. The normalized spacial score (nSPS) is 14.0. The summed E-state index contributed by atoms with van der Waals surface area (Å²) in [4.78, 5) is 27.4. The number of nitrogens with one attached hydrogen (secondary N) is 2. The third-order valence-corrected chi connectivity index (χ3v) is 4.38. The molecule has 0 saturated heterocycles. The number of allylic oxidation sites excluding steroid dienone is 3. The molecule has 5 nitrogen and oxygen atoms in total. The third kappa shape index (κ3) is 3.99. The summed E-state index contributed by atoms with van der Waals surface area (Å²) in [5.41, 5.74) is 4.69. The molecule has 0 spiro atoms. The smallest absolute Gasteiger partial charge is 0.310 e. The van der Waals surface area contributed by atoms with Crippen molar-refractivity contribution in [2.75, 3.05) is 6.61 Å². The molecule has 0 saturated carbocycles. The minimum absolute atomic E-state index is 0.144. The van der Waals surface area contributed by atoms with Crippen LogP contribution in [0.1, 0.15) is 31.0 Å². The molecule has 0 bridgehead atoms. The van der Waals surface area contributed by atoms with E-state index in [9.17, 15) is 9.59 Å². The van der Waals surface area contributed by atoms with E-state index < -0.39 is 5.97 Å². The average molecular weight is 338 g/mol. The zero-order valence-electron chi connectivity index (χ0n) is 14.5. The summed E-state index contributed by atoms with van der Waals surface area (Å²) in [7, 11) is 0. The summed E-state index contributed by atoms with van der Waals surface area (Å²) in [6.07, 6.45) is 6.12. The van der Waals surface area contributed by atoms with E-state index in [-0.39, 0.29) is 18.9 Å². The molecule has 0 atom stereocenters. The van der Waals surface area contributed by atoms with Gasteiger partial charge in [0.15, 0.2) is 6.61 Å². The van der Waals surface area contributed by atoms with Gasteiger partial charge in [-0.05, 0) is 43.9 Å². The maximum atomic E-state index is 12.1. The summed E-state index contributed by atoms with van der Waals surface area (Å²) in [6.45, 7) is 3.61. The number of carbonyl (C=O) groups is 2. The van der Waals surface area contributed by atoms with Crippen molar-refractivity contribution in [1.82, 2.24) is 10.3 Å². The van der Waals surface area contributed by atoms with E-state index in [0.29, 0.717) is 0 Å². The van der Waals surface area contributed by atoms with E-state index in [4.69, 9.17) is 4.74 Å². The van der Waals surface area contributed by atoms with Gasteiger partial charge in [-0.2, -0.15) is 0 Å². The van der Waals surface area contributed by atoms with Gasteiger partial charge < -0.3 is 15.0 Å². The van der Waals surface area contributed by atoms with Gasteiger partial charge in [-0.3, -0.25) is 9.59 Å². The van der Waals surface area contributed by atoms with Gasteiger partial charge in [0.05, 0.1) is 6.42 Å². The number of hydrogen-bond acceptors (Lipinski definition) is 3. The summed E-state index contributed by atoms with van der Waals surface area (Å²) in [6, 6.07) is 7.82. The molecule has 0 radical (unpaired) electrons. The van der Waals surface area contributed by atoms with Crippen LogP contribution in [0.4, 0.5) is 0 Å². The van der Waals surface area contributed by atoms with Crippen molar-refractivity contribution in [3.8, 4) is 0 Å². The van der Waals surface area contributed by atoms with Gasteiger partial charge in [0, 0.05) is 22.3 Å². The van der Waals surface area contributed by atoms with E-state index in [2.05, 4.69) is 16.4 Å². The number of amides is 1. The first-order chi connectivity index (χ1) is 12.0. The first-order valence-electron chi connectivity index (χ1n) is 8.43. The van der Waals surface area contributed by atoms with Crippen molar-refractivity contribution in [3.63, 3.8) is 0 Å². The summed E-state index contributed by atoms with van der Waals surface area (Å²) in [5.74, 6) is -0.724. The van der Waals surface area contributed by atoms with Crippen LogP contribution in [0.5, 0.6) is 0 Å². The molecule has 0 unspecified atom stereocenters. The van der Waals surface area contributed by atoms with E-state index in [0.717, 1.165) is 46.3 Å². The Hall–Kier alpha value is -2.82. The highest BCUT2D eigenvalue weighted by Crippen LogP contribution is 2.22. The Labute approximate surface area is 146 Å². The number of benzene rings is 1. The lowest BCUT2D eigenvalue weighted by Gasteiger charge is -2.14. The number of fused-ring (bicyclic) bond motifs is 1. The molecule has 2 aromatic rings. The fourth-order valence-electron chi connectivity index (χ4n) is 3.04. The minimum atomic E-state index is -0.409. The fraction of sp³-hybridized carbons (Fsp3) is 0.300. The molecule has 2 N–H and O–H groups in total.